The second-order valence-electron chi connectivity index (χ2n) is 6.09. The average Bonchev–Trinajstić information content (AvgIpc) is 3.31. The molecule has 1 saturated heterocycles. The number of carboxylic acid groups (broad SMARTS) is 1. The molecule has 2 aromatic rings. The van der Waals surface area contributed by atoms with Crippen LogP contribution < -0.4 is 0 Å². The highest BCUT2D eigenvalue weighted by molar-refractivity contribution is 5.83. The number of carboxylic acids is 1. The van der Waals surface area contributed by atoms with Gasteiger partial charge in [0.15, 0.2) is 6.10 Å². The monoisotopic (exact) mass is 344 g/mol. The summed E-state index contributed by atoms with van der Waals surface area (Å²) in [6, 6.07) is 7.52. The molecule has 0 saturated carbocycles. The van der Waals surface area contributed by atoms with Crippen LogP contribution in [-0.2, 0) is 14.3 Å². The van der Waals surface area contributed by atoms with Gasteiger partial charge in [0, 0.05) is 7.05 Å². The SMILES string of the molecule is CC(c1ccc(-n2cncn2)cc1)N(C)C(=O)[C@@H]1CC[C@H](C(=O)O)O1. The fraction of sp³-hybridized carbons (Fsp3) is 0.412. The standard InChI is InChI=1S/C17H20N4O4/c1-11(12-3-5-13(6-4-12)21-10-18-9-19-21)20(2)16(22)14-7-8-15(25-14)17(23)24/h3-6,9-11,14-15H,7-8H2,1-2H3,(H,23,24)/t11?,14-,15+/m0/s1. The van der Waals surface area contributed by atoms with Crippen LogP contribution in [0.3, 0.4) is 0 Å². The lowest BCUT2D eigenvalue weighted by Crippen LogP contribution is -2.38. The summed E-state index contributed by atoms with van der Waals surface area (Å²) in [5.41, 5.74) is 1.85. The summed E-state index contributed by atoms with van der Waals surface area (Å²) in [7, 11) is 1.70. The lowest BCUT2D eigenvalue weighted by atomic mass is 10.1. The Morgan fingerprint density at radius 2 is 1.96 bits per heavy atom. The molecule has 1 aromatic heterocycles. The molecule has 8 heteroatoms. The molecule has 0 radical (unpaired) electrons. The highest BCUT2D eigenvalue weighted by Crippen LogP contribution is 2.26. The van der Waals surface area contributed by atoms with Crippen LogP contribution in [0.15, 0.2) is 36.9 Å². The average molecular weight is 344 g/mol. The summed E-state index contributed by atoms with van der Waals surface area (Å²) >= 11 is 0. The molecule has 1 fully saturated rings. The van der Waals surface area contributed by atoms with Crippen LogP contribution in [0.5, 0.6) is 0 Å². The number of carbonyl (C=O) groups is 2. The van der Waals surface area contributed by atoms with Crippen molar-refractivity contribution >= 4 is 11.9 Å². The molecule has 132 valence electrons. The molecule has 25 heavy (non-hydrogen) atoms. The fourth-order valence-corrected chi connectivity index (χ4v) is 2.89. The van der Waals surface area contributed by atoms with Gasteiger partial charge in [-0.05, 0) is 37.5 Å². The zero-order valence-corrected chi connectivity index (χ0v) is 14.1. The Bertz CT molecular complexity index is 745. The number of rotatable bonds is 5. The van der Waals surface area contributed by atoms with Crippen LogP contribution in [0.1, 0.15) is 31.4 Å². The molecular formula is C17H20N4O4. The smallest absolute Gasteiger partial charge is 0.332 e. The molecule has 1 aliphatic heterocycles. The molecule has 1 aliphatic rings. The predicted molar refractivity (Wildman–Crippen MR) is 88.1 cm³/mol. The highest BCUT2D eigenvalue weighted by atomic mass is 16.5. The quantitative estimate of drug-likeness (QED) is 0.881. The van der Waals surface area contributed by atoms with Crippen molar-refractivity contribution < 1.29 is 19.4 Å². The normalized spacial score (nSPS) is 21.0. The Morgan fingerprint density at radius 1 is 1.28 bits per heavy atom. The molecule has 1 unspecified atom stereocenters. The second-order valence-corrected chi connectivity index (χ2v) is 6.09. The van der Waals surface area contributed by atoms with E-state index in [-0.39, 0.29) is 11.9 Å². The van der Waals surface area contributed by atoms with Crippen molar-refractivity contribution in [3.8, 4) is 5.69 Å². The molecule has 3 rings (SSSR count). The van der Waals surface area contributed by atoms with Crippen LogP contribution in [0.4, 0.5) is 0 Å². The highest BCUT2D eigenvalue weighted by Gasteiger charge is 2.37. The Morgan fingerprint density at radius 3 is 2.52 bits per heavy atom. The minimum Gasteiger partial charge on any atom is -0.479 e. The summed E-state index contributed by atoms with van der Waals surface area (Å²) in [6.07, 6.45) is 2.29. The lowest BCUT2D eigenvalue weighted by Gasteiger charge is -2.27. The van der Waals surface area contributed by atoms with Crippen molar-refractivity contribution in [2.75, 3.05) is 7.05 Å². The van der Waals surface area contributed by atoms with Crippen LogP contribution in [0, 0.1) is 0 Å². The van der Waals surface area contributed by atoms with E-state index in [1.165, 1.54) is 6.33 Å². The van der Waals surface area contributed by atoms with E-state index in [0.29, 0.717) is 12.8 Å². The van der Waals surface area contributed by atoms with Crippen LogP contribution in [0.25, 0.3) is 5.69 Å². The molecule has 1 N–H and O–H groups in total. The van der Waals surface area contributed by atoms with Gasteiger partial charge < -0.3 is 14.7 Å². The molecular weight excluding hydrogens is 324 g/mol. The number of carbonyl (C=O) groups excluding carboxylic acids is 1. The number of hydrogen-bond donors (Lipinski definition) is 1. The van der Waals surface area contributed by atoms with Gasteiger partial charge in [0.1, 0.15) is 18.8 Å². The molecule has 0 spiro atoms. The maximum Gasteiger partial charge on any atom is 0.332 e. The number of amides is 1. The van der Waals surface area contributed by atoms with Gasteiger partial charge in [-0.1, -0.05) is 12.1 Å². The maximum atomic E-state index is 12.6. The van der Waals surface area contributed by atoms with Gasteiger partial charge in [0.05, 0.1) is 11.7 Å². The number of nitrogens with zero attached hydrogens (tertiary/aromatic N) is 4. The fourth-order valence-electron chi connectivity index (χ4n) is 2.89. The minimum atomic E-state index is -1.02. The first-order valence-corrected chi connectivity index (χ1v) is 8.07. The van der Waals surface area contributed by atoms with Crippen LogP contribution in [0.2, 0.25) is 0 Å². The Labute approximate surface area is 145 Å². The summed E-state index contributed by atoms with van der Waals surface area (Å²) in [6.45, 7) is 1.92. The van der Waals surface area contributed by atoms with Gasteiger partial charge >= 0.3 is 5.97 Å². The van der Waals surface area contributed by atoms with Crippen molar-refractivity contribution in [3.05, 3.63) is 42.5 Å². The summed E-state index contributed by atoms with van der Waals surface area (Å²) in [4.78, 5) is 29.0. The maximum absolute atomic E-state index is 12.6. The van der Waals surface area contributed by atoms with E-state index < -0.39 is 18.2 Å². The van der Waals surface area contributed by atoms with E-state index in [1.54, 1.807) is 23.0 Å². The molecule has 2 heterocycles. The minimum absolute atomic E-state index is 0.162. The summed E-state index contributed by atoms with van der Waals surface area (Å²) < 4.78 is 7.01. The van der Waals surface area contributed by atoms with E-state index in [2.05, 4.69) is 10.1 Å². The summed E-state index contributed by atoms with van der Waals surface area (Å²) in [5, 5.41) is 13.1. The predicted octanol–water partition coefficient (Wildman–Crippen LogP) is 1.42. The molecule has 0 bridgehead atoms. The number of likely N-dealkylation sites (N-methyl/N-ethyl adjacent to an activating group) is 1. The molecule has 8 nitrogen and oxygen atoms in total. The van der Waals surface area contributed by atoms with Gasteiger partial charge in [-0.25, -0.2) is 14.5 Å². The van der Waals surface area contributed by atoms with Crippen molar-refractivity contribution in [1.29, 1.82) is 0 Å². The third-order valence-electron chi connectivity index (χ3n) is 4.56. The van der Waals surface area contributed by atoms with Gasteiger partial charge in [0.2, 0.25) is 0 Å². The van der Waals surface area contributed by atoms with Crippen LogP contribution >= 0.6 is 0 Å². The first-order valence-electron chi connectivity index (χ1n) is 8.07. The number of ether oxygens (including phenoxy) is 1. The largest absolute Gasteiger partial charge is 0.479 e. The third kappa shape index (κ3) is 3.53. The number of benzene rings is 1. The van der Waals surface area contributed by atoms with Crippen molar-refractivity contribution in [2.45, 2.75) is 38.0 Å². The summed E-state index contributed by atoms with van der Waals surface area (Å²) in [5.74, 6) is -1.22. The topological polar surface area (TPSA) is 97.6 Å². The second kappa shape index (κ2) is 7.02. The van der Waals surface area contributed by atoms with E-state index in [4.69, 9.17) is 9.84 Å². The van der Waals surface area contributed by atoms with E-state index in [9.17, 15) is 9.59 Å². The Balaban J connectivity index is 1.66. The number of hydrogen-bond acceptors (Lipinski definition) is 5. The Kier molecular flexibility index (Phi) is 4.80. The molecule has 0 aliphatic carbocycles. The van der Waals surface area contributed by atoms with E-state index in [1.807, 2.05) is 31.2 Å². The van der Waals surface area contributed by atoms with Crippen LogP contribution in [-0.4, -0.2) is 55.9 Å². The molecule has 1 aromatic carbocycles. The molecule has 3 atom stereocenters. The van der Waals surface area contributed by atoms with E-state index in [0.717, 1.165) is 11.3 Å². The zero-order valence-electron chi connectivity index (χ0n) is 14.1. The van der Waals surface area contributed by atoms with Crippen molar-refractivity contribution in [3.63, 3.8) is 0 Å². The Hall–Kier alpha value is -2.74. The van der Waals surface area contributed by atoms with Crippen molar-refractivity contribution in [2.24, 2.45) is 0 Å². The van der Waals surface area contributed by atoms with Crippen molar-refractivity contribution in [1.82, 2.24) is 19.7 Å². The van der Waals surface area contributed by atoms with E-state index >= 15 is 0 Å². The molecule has 1 amide bonds. The lowest BCUT2D eigenvalue weighted by molar-refractivity contribution is -0.155. The number of aromatic nitrogens is 3. The number of aliphatic carboxylic acids is 1. The van der Waals surface area contributed by atoms with Gasteiger partial charge in [-0.15, -0.1) is 0 Å². The van der Waals surface area contributed by atoms with Gasteiger partial charge in [0.25, 0.3) is 5.91 Å². The van der Waals surface area contributed by atoms with Gasteiger partial charge in [-0.3, -0.25) is 4.79 Å². The first-order chi connectivity index (χ1) is 12.0. The first kappa shape index (κ1) is 17.1. The van der Waals surface area contributed by atoms with Gasteiger partial charge in [-0.2, -0.15) is 5.10 Å². The zero-order chi connectivity index (χ0) is 18.0. The third-order valence-corrected chi connectivity index (χ3v) is 4.56.